The van der Waals surface area contributed by atoms with Crippen molar-refractivity contribution < 1.29 is 23.9 Å². The fourth-order valence-electron chi connectivity index (χ4n) is 1.40. The molecule has 0 fully saturated rings. The molecule has 0 spiro atoms. The minimum Gasteiger partial charge on any atom is -0.480 e. The van der Waals surface area contributed by atoms with Crippen LogP contribution in [0.4, 0.5) is 0 Å². The first-order chi connectivity index (χ1) is 9.26. The maximum Gasteiger partial charge on any atom is 0.329 e. The van der Waals surface area contributed by atoms with E-state index in [0.29, 0.717) is 5.56 Å². The van der Waals surface area contributed by atoms with E-state index in [1.807, 2.05) is 0 Å². The molecule has 20 heavy (non-hydrogen) atoms. The number of furan rings is 1. The lowest BCUT2D eigenvalue weighted by Crippen LogP contribution is -2.51. The Morgan fingerprint density at radius 3 is 2.55 bits per heavy atom. The van der Waals surface area contributed by atoms with Crippen LogP contribution in [0, 0.1) is 0 Å². The molecule has 0 aliphatic rings. The highest BCUT2D eigenvalue weighted by molar-refractivity contribution is 5.94. The van der Waals surface area contributed by atoms with E-state index in [2.05, 4.69) is 5.32 Å². The zero-order valence-corrected chi connectivity index (χ0v) is 11.7. The Kier molecular flexibility index (Phi) is 4.90. The first-order valence-electron chi connectivity index (χ1n) is 6.07. The fourth-order valence-corrected chi connectivity index (χ4v) is 1.40. The first-order valence-corrected chi connectivity index (χ1v) is 6.07. The van der Waals surface area contributed by atoms with Crippen molar-refractivity contribution in [2.24, 2.45) is 0 Å². The Hall–Kier alpha value is -2.31. The molecule has 2 N–H and O–H groups in total. The van der Waals surface area contributed by atoms with Crippen molar-refractivity contribution in [3.63, 3.8) is 0 Å². The quantitative estimate of drug-likeness (QED) is 0.801. The second-order valence-corrected chi connectivity index (χ2v) is 4.83. The number of carbonyl (C=O) groups excluding carboxylic acids is 2. The van der Waals surface area contributed by atoms with Gasteiger partial charge in [0.1, 0.15) is 11.8 Å². The summed E-state index contributed by atoms with van der Waals surface area (Å²) >= 11 is 0. The van der Waals surface area contributed by atoms with Crippen LogP contribution >= 0.6 is 0 Å². The van der Waals surface area contributed by atoms with E-state index >= 15 is 0 Å². The molecule has 0 saturated heterocycles. The lowest BCUT2D eigenvalue weighted by molar-refractivity contribution is -0.155. The molecule has 110 valence electrons. The number of likely N-dealkylation sites (N-methyl/N-ethyl adjacent to an activating group) is 1. The van der Waals surface area contributed by atoms with E-state index in [4.69, 9.17) is 9.52 Å². The average molecular weight is 282 g/mol. The topological polar surface area (TPSA) is 99.9 Å². The lowest BCUT2D eigenvalue weighted by atomic mass is 10.0. The molecule has 0 radical (unpaired) electrons. The van der Waals surface area contributed by atoms with Gasteiger partial charge in [0.15, 0.2) is 0 Å². The van der Waals surface area contributed by atoms with E-state index in [0.717, 1.165) is 4.90 Å². The molecule has 1 heterocycles. The third-order valence-electron chi connectivity index (χ3n) is 3.14. The molecular formula is C13H18N2O5. The summed E-state index contributed by atoms with van der Waals surface area (Å²) in [6.45, 7) is 3.01. The van der Waals surface area contributed by atoms with Gasteiger partial charge in [-0.1, -0.05) is 0 Å². The van der Waals surface area contributed by atoms with Crippen LogP contribution in [0.1, 0.15) is 30.6 Å². The van der Waals surface area contributed by atoms with Crippen LogP contribution in [0.3, 0.4) is 0 Å². The zero-order valence-electron chi connectivity index (χ0n) is 11.7. The van der Waals surface area contributed by atoms with Crippen molar-refractivity contribution in [1.29, 1.82) is 0 Å². The van der Waals surface area contributed by atoms with Crippen molar-refractivity contribution in [3.8, 4) is 0 Å². The summed E-state index contributed by atoms with van der Waals surface area (Å²) in [5.41, 5.74) is -0.914. The van der Waals surface area contributed by atoms with Crippen LogP contribution in [-0.2, 0) is 9.59 Å². The SMILES string of the molecule is CN(C(=O)CCNC(=O)c1ccoc1)C(C)(C)C(=O)O. The Bertz CT molecular complexity index is 493. The summed E-state index contributed by atoms with van der Waals surface area (Å²) < 4.78 is 4.77. The number of amides is 2. The summed E-state index contributed by atoms with van der Waals surface area (Å²) in [7, 11) is 1.42. The number of nitrogens with zero attached hydrogens (tertiary/aromatic N) is 1. The van der Waals surface area contributed by atoms with Crippen LogP contribution in [0.25, 0.3) is 0 Å². The highest BCUT2D eigenvalue weighted by Gasteiger charge is 2.34. The number of aliphatic carboxylic acids is 1. The number of carboxylic acids is 1. The molecule has 1 aromatic heterocycles. The number of hydrogen-bond donors (Lipinski definition) is 2. The second-order valence-electron chi connectivity index (χ2n) is 4.83. The Morgan fingerprint density at radius 1 is 1.40 bits per heavy atom. The second kappa shape index (κ2) is 6.23. The Balaban J connectivity index is 2.44. The van der Waals surface area contributed by atoms with Crippen LogP contribution in [-0.4, -0.2) is 46.9 Å². The highest BCUT2D eigenvalue weighted by Crippen LogP contribution is 2.13. The van der Waals surface area contributed by atoms with Crippen molar-refractivity contribution in [3.05, 3.63) is 24.2 Å². The predicted octanol–water partition coefficient (Wildman–Crippen LogP) is 0.721. The number of carboxylic acid groups (broad SMARTS) is 1. The molecule has 0 aromatic carbocycles. The van der Waals surface area contributed by atoms with Gasteiger partial charge in [-0.2, -0.15) is 0 Å². The average Bonchev–Trinajstić information content (AvgIpc) is 2.91. The van der Waals surface area contributed by atoms with Gasteiger partial charge in [0.25, 0.3) is 5.91 Å². The number of rotatable bonds is 6. The molecule has 0 aliphatic heterocycles. The van der Waals surface area contributed by atoms with Gasteiger partial charge >= 0.3 is 5.97 Å². The van der Waals surface area contributed by atoms with Crippen molar-refractivity contribution in [1.82, 2.24) is 10.2 Å². The van der Waals surface area contributed by atoms with E-state index in [9.17, 15) is 14.4 Å². The summed E-state index contributed by atoms with van der Waals surface area (Å²) in [6.07, 6.45) is 2.71. The van der Waals surface area contributed by atoms with Gasteiger partial charge < -0.3 is 19.7 Å². The third kappa shape index (κ3) is 3.59. The lowest BCUT2D eigenvalue weighted by Gasteiger charge is -2.31. The Labute approximate surface area is 116 Å². The molecule has 0 unspecified atom stereocenters. The van der Waals surface area contributed by atoms with Crippen molar-refractivity contribution in [2.45, 2.75) is 25.8 Å². The molecule has 0 atom stereocenters. The minimum atomic E-state index is -1.29. The van der Waals surface area contributed by atoms with Gasteiger partial charge in [-0.3, -0.25) is 9.59 Å². The van der Waals surface area contributed by atoms with Gasteiger partial charge in [-0.25, -0.2) is 4.79 Å². The van der Waals surface area contributed by atoms with Crippen LogP contribution < -0.4 is 5.32 Å². The first kappa shape index (κ1) is 15.7. The highest BCUT2D eigenvalue weighted by atomic mass is 16.4. The Morgan fingerprint density at radius 2 is 2.05 bits per heavy atom. The van der Waals surface area contributed by atoms with Crippen molar-refractivity contribution >= 4 is 17.8 Å². The van der Waals surface area contributed by atoms with Gasteiger partial charge in [0.05, 0.1) is 11.8 Å². The van der Waals surface area contributed by atoms with Gasteiger partial charge in [0, 0.05) is 20.0 Å². The summed E-state index contributed by atoms with van der Waals surface area (Å²) in [6, 6.07) is 1.51. The molecule has 0 aliphatic carbocycles. The summed E-state index contributed by atoms with van der Waals surface area (Å²) in [5, 5.41) is 11.6. The maximum atomic E-state index is 11.9. The molecule has 7 nitrogen and oxygen atoms in total. The van der Waals surface area contributed by atoms with E-state index in [1.165, 1.54) is 39.5 Å². The molecule has 0 bridgehead atoms. The standard InChI is InChI=1S/C13H18N2O5/c1-13(2,12(18)19)15(3)10(16)4-6-14-11(17)9-5-7-20-8-9/h5,7-8H,4,6H2,1-3H3,(H,14,17)(H,18,19). The largest absolute Gasteiger partial charge is 0.480 e. The maximum absolute atomic E-state index is 11.9. The number of hydrogen-bond acceptors (Lipinski definition) is 4. The monoisotopic (exact) mass is 282 g/mol. The molecule has 1 aromatic rings. The molecular weight excluding hydrogens is 264 g/mol. The number of nitrogens with one attached hydrogen (secondary N) is 1. The normalized spacial score (nSPS) is 10.9. The fraction of sp³-hybridized carbons (Fsp3) is 0.462. The van der Waals surface area contributed by atoms with Gasteiger partial charge in [-0.05, 0) is 19.9 Å². The molecule has 0 saturated carbocycles. The predicted molar refractivity (Wildman–Crippen MR) is 70.1 cm³/mol. The smallest absolute Gasteiger partial charge is 0.329 e. The number of carbonyl (C=O) groups is 3. The molecule has 7 heteroatoms. The zero-order chi connectivity index (χ0) is 15.3. The van der Waals surface area contributed by atoms with Crippen LogP contribution in [0.5, 0.6) is 0 Å². The van der Waals surface area contributed by atoms with Crippen molar-refractivity contribution in [2.75, 3.05) is 13.6 Å². The summed E-state index contributed by atoms with van der Waals surface area (Å²) in [5.74, 6) is -1.78. The van der Waals surface area contributed by atoms with Gasteiger partial charge in [0.2, 0.25) is 5.91 Å². The van der Waals surface area contributed by atoms with Crippen LogP contribution in [0.15, 0.2) is 23.0 Å². The van der Waals surface area contributed by atoms with E-state index < -0.39 is 11.5 Å². The summed E-state index contributed by atoms with van der Waals surface area (Å²) in [4.78, 5) is 35.6. The minimum absolute atomic E-state index is 0.0246. The van der Waals surface area contributed by atoms with E-state index in [1.54, 1.807) is 0 Å². The van der Waals surface area contributed by atoms with E-state index in [-0.39, 0.29) is 24.8 Å². The van der Waals surface area contributed by atoms with Crippen LogP contribution in [0.2, 0.25) is 0 Å². The van der Waals surface area contributed by atoms with Gasteiger partial charge in [-0.15, -0.1) is 0 Å². The third-order valence-corrected chi connectivity index (χ3v) is 3.14. The molecule has 2 amide bonds. The molecule has 1 rings (SSSR count).